The Hall–Kier alpha value is -2.92. The van der Waals surface area contributed by atoms with E-state index in [2.05, 4.69) is 15.1 Å². The standard InChI is InChI=1S/C21H28N4O6S/c1-5-12(2)24-32(29,30)17-11-15(22-19(26)14-7-6-8-14)9-10-16(17)31-20-13(3)18(21(27)28)23-25(20)4/h9-12,14,24H,5-8H2,1-4H3,(H,22,26)(H,27,28). The van der Waals surface area contributed by atoms with E-state index in [9.17, 15) is 23.1 Å². The van der Waals surface area contributed by atoms with Crippen molar-refractivity contribution in [2.75, 3.05) is 5.32 Å². The van der Waals surface area contributed by atoms with Gasteiger partial charge in [0.05, 0.1) is 0 Å². The van der Waals surface area contributed by atoms with Crippen LogP contribution >= 0.6 is 0 Å². The third-order valence-corrected chi connectivity index (χ3v) is 7.19. The fraction of sp³-hybridized carbons (Fsp3) is 0.476. The number of benzene rings is 1. The van der Waals surface area contributed by atoms with E-state index in [0.29, 0.717) is 12.1 Å². The van der Waals surface area contributed by atoms with Crippen molar-refractivity contribution in [1.29, 1.82) is 0 Å². The van der Waals surface area contributed by atoms with Crippen molar-refractivity contribution in [1.82, 2.24) is 14.5 Å². The van der Waals surface area contributed by atoms with E-state index in [-0.39, 0.29) is 45.6 Å². The highest BCUT2D eigenvalue weighted by Crippen LogP contribution is 2.34. The van der Waals surface area contributed by atoms with Crippen molar-refractivity contribution in [3.63, 3.8) is 0 Å². The number of carbonyl (C=O) groups excluding carboxylic acids is 1. The van der Waals surface area contributed by atoms with Crippen LogP contribution in [0.5, 0.6) is 11.6 Å². The zero-order valence-electron chi connectivity index (χ0n) is 18.5. The number of nitrogens with one attached hydrogen (secondary N) is 2. The minimum Gasteiger partial charge on any atom is -0.476 e. The molecule has 1 atom stereocenters. The van der Waals surface area contributed by atoms with Gasteiger partial charge in [-0.25, -0.2) is 22.6 Å². The average molecular weight is 465 g/mol. The number of sulfonamides is 1. The van der Waals surface area contributed by atoms with Crippen molar-refractivity contribution in [3.8, 4) is 11.6 Å². The largest absolute Gasteiger partial charge is 0.476 e. The third-order valence-electron chi connectivity index (χ3n) is 5.57. The quantitative estimate of drug-likeness (QED) is 0.518. The molecule has 32 heavy (non-hydrogen) atoms. The van der Waals surface area contributed by atoms with Crippen molar-refractivity contribution in [2.24, 2.45) is 13.0 Å². The normalized spacial score (nSPS) is 15.1. The molecule has 174 valence electrons. The molecule has 1 amide bonds. The fourth-order valence-corrected chi connectivity index (χ4v) is 4.75. The molecule has 3 rings (SSSR count). The number of ether oxygens (including phenoxy) is 1. The first kappa shape index (κ1) is 23.7. The summed E-state index contributed by atoms with van der Waals surface area (Å²) < 4.78 is 35.9. The number of carboxylic acid groups (broad SMARTS) is 1. The maximum absolute atomic E-state index is 13.1. The van der Waals surface area contributed by atoms with Gasteiger partial charge in [0.2, 0.25) is 21.8 Å². The number of anilines is 1. The lowest BCUT2D eigenvalue weighted by Gasteiger charge is -2.24. The summed E-state index contributed by atoms with van der Waals surface area (Å²) >= 11 is 0. The topological polar surface area (TPSA) is 140 Å². The molecule has 2 aromatic rings. The van der Waals surface area contributed by atoms with E-state index in [1.807, 2.05) is 6.92 Å². The van der Waals surface area contributed by atoms with Crippen LogP contribution in [0.4, 0.5) is 5.69 Å². The van der Waals surface area contributed by atoms with Crippen LogP contribution < -0.4 is 14.8 Å². The molecule has 1 aromatic heterocycles. The van der Waals surface area contributed by atoms with Gasteiger partial charge in [-0.1, -0.05) is 13.3 Å². The Balaban J connectivity index is 2.01. The highest BCUT2D eigenvalue weighted by atomic mass is 32.2. The van der Waals surface area contributed by atoms with Gasteiger partial charge < -0.3 is 15.2 Å². The van der Waals surface area contributed by atoms with Crippen molar-refractivity contribution in [3.05, 3.63) is 29.5 Å². The number of aryl methyl sites for hydroxylation is 1. The first-order valence-corrected chi connectivity index (χ1v) is 11.9. The smallest absolute Gasteiger partial charge is 0.356 e. The van der Waals surface area contributed by atoms with Crippen LogP contribution in [0.1, 0.15) is 55.6 Å². The van der Waals surface area contributed by atoms with Gasteiger partial charge in [-0.05, 0) is 51.3 Å². The Labute approximate surface area is 187 Å². The van der Waals surface area contributed by atoms with Gasteiger partial charge >= 0.3 is 5.97 Å². The minimum absolute atomic E-state index is 0.00881. The lowest BCUT2D eigenvalue weighted by atomic mass is 9.85. The molecule has 1 aromatic carbocycles. The molecule has 1 saturated carbocycles. The molecular weight excluding hydrogens is 436 g/mol. The maximum atomic E-state index is 13.1. The lowest BCUT2D eigenvalue weighted by Crippen LogP contribution is -2.32. The van der Waals surface area contributed by atoms with Crippen LogP contribution in [0.25, 0.3) is 0 Å². The molecule has 1 unspecified atom stereocenters. The summed E-state index contributed by atoms with van der Waals surface area (Å²) in [5, 5.41) is 16.0. The summed E-state index contributed by atoms with van der Waals surface area (Å²) in [5.41, 5.74) is 0.418. The number of aromatic carboxylic acids is 1. The molecular formula is C21H28N4O6S. The van der Waals surface area contributed by atoms with E-state index in [1.54, 1.807) is 13.0 Å². The Morgan fingerprint density at radius 3 is 2.56 bits per heavy atom. The molecule has 1 aliphatic rings. The molecule has 10 nitrogen and oxygen atoms in total. The highest BCUT2D eigenvalue weighted by Gasteiger charge is 2.28. The van der Waals surface area contributed by atoms with Crippen LogP contribution in [-0.4, -0.2) is 41.2 Å². The fourth-order valence-electron chi connectivity index (χ4n) is 3.27. The number of hydrogen-bond acceptors (Lipinski definition) is 6. The maximum Gasteiger partial charge on any atom is 0.356 e. The molecule has 0 saturated heterocycles. The minimum atomic E-state index is -4.00. The summed E-state index contributed by atoms with van der Waals surface area (Å²) in [6, 6.07) is 4.02. The number of amides is 1. The second-order valence-electron chi connectivity index (χ2n) is 8.02. The van der Waals surface area contributed by atoms with Crippen LogP contribution in [0.2, 0.25) is 0 Å². The summed E-state index contributed by atoms with van der Waals surface area (Å²) in [6.07, 6.45) is 3.22. The van der Waals surface area contributed by atoms with Crippen LogP contribution in [0.3, 0.4) is 0 Å². The molecule has 11 heteroatoms. The molecule has 1 heterocycles. The summed E-state index contributed by atoms with van der Waals surface area (Å²) in [5.74, 6) is -1.32. The zero-order chi connectivity index (χ0) is 23.6. The Morgan fingerprint density at radius 1 is 1.34 bits per heavy atom. The predicted molar refractivity (Wildman–Crippen MR) is 117 cm³/mol. The number of carbonyl (C=O) groups is 2. The van der Waals surface area contributed by atoms with Gasteiger partial charge in [0.15, 0.2) is 5.69 Å². The third kappa shape index (κ3) is 4.94. The predicted octanol–water partition coefficient (Wildman–Crippen LogP) is 3.03. The van der Waals surface area contributed by atoms with Gasteiger partial charge in [0.1, 0.15) is 10.6 Å². The monoisotopic (exact) mass is 464 g/mol. The summed E-state index contributed by atoms with van der Waals surface area (Å²) in [6.45, 7) is 5.13. The second-order valence-corrected chi connectivity index (χ2v) is 9.70. The number of aromatic nitrogens is 2. The van der Waals surface area contributed by atoms with Crippen LogP contribution in [0.15, 0.2) is 23.1 Å². The molecule has 3 N–H and O–H groups in total. The Morgan fingerprint density at radius 2 is 2.03 bits per heavy atom. The van der Waals surface area contributed by atoms with Gasteiger partial charge in [-0.2, -0.15) is 5.10 Å². The van der Waals surface area contributed by atoms with E-state index in [0.717, 1.165) is 19.3 Å². The lowest BCUT2D eigenvalue weighted by molar-refractivity contribution is -0.122. The molecule has 0 radical (unpaired) electrons. The first-order chi connectivity index (χ1) is 15.0. The van der Waals surface area contributed by atoms with Gasteiger partial charge in [0.25, 0.3) is 0 Å². The summed E-state index contributed by atoms with van der Waals surface area (Å²) in [4.78, 5) is 23.5. The summed E-state index contributed by atoms with van der Waals surface area (Å²) in [7, 11) is -2.49. The number of nitrogens with zero attached hydrogens (tertiary/aromatic N) is 2. The van der Waals surface area contributed by atoms with E-state index < -0.39 is 16.0 Å². The zero-order valence-corrected chi connectivity index (χ0v) is 19.3. The number of carboxylic acids is 1. The highest BCUT2D eigenvalue weighted by molar-refractivity contribution is 7.89. The van der Waals surface area contributed by atoms with Gasteiger partial charge in [0, 0.05) is 30.3 Å². The van der Waals surface area contributed by atoms with Crippen molar-refractivity contribution < 1.29 is 27.9 Å². The van der Waals surface area contributed by atoms with E-state index in [1.165, 1.54) is 30.8 Å². The molecule has 1 aliphatic carbocycles. The SMILES string of the molecule is CCC(C)NS(=O)(=O)c1cc(NC(=O)C2CCC2)ccc1Oc1c(C)c(C(=O)O)nn1C. The second kappa shape index (κ2) is 9.29. The van der Waals surface area contributed by atoms with Crippen LogP contribution in [0, 0.1) is 12.8 Å². The van der Waals surface area contributed by atoms with E-state index >= 15 is 0 Å². The molecule has 0 bridgehead atoms. The Kier molecular flexibility index (Phi) is 6.89. The molecule has 0 spiro atoms. The average Bonchev–Trinajstić information content (AvgIpc) is 2.95. The van der Waals surface area contributed by atoms with Crippen molar-refractivity contribution >= 4 is 27.6 Å². The first-order valence-electron chi connectivity index (χ1n) is 10.5. The molecule has 0 aliphatic heterocycles. The van der Waals surface area contributed by atoms with E-state index in [4.69, 9.17) is 4.74 Å². The number of rotatable bonds is 9. The van der Waals surface area contributed by atoms with Crippen molar-refractivity contribution in [2.45, 2.75) is 57.4 Å². The Bertz CT molecular complexity index is 1140. The molecule has 1 fully saturated rings. The van der Waals surface area contributed by atoms with Gasteiger partial charge in [-0.3, -0.25) is 4.79 Å². The number of hydrogen-bond donors (Lipinski definition) is 3. The van der Waals surface area contributed by atoms with Crippen LogP contribution in [-0.2, 0) is 21.9 Å². The van der Waals surface area contributed by atoms with Gasteiger partial charge in [-0.15, -0.1) is 0 Å².